The Morgan fingerprint density at radius 2 is 2.00 bits per heavy atom. The fraction of sp³-hybridized carbons (Fsp3) is 0.556. The van der Waals surface area contributed by atoms with Crippen LogP contribution in [0.25, 0.3) is 5.84 Å². The average Bonchev–Trinajstić information content (AvgIpc) is 2.55. The summed E-state index contributed by atoms with van der Waals surface area (Å²) in [6, 6.07) is 0. The summed E-state index contributed by atoms with van der Waals surface area (Å²) in [5.74, 6) is 2.65. The van der Waals surface area contributed by atoms with Crippen LogP contribution < -0.4 is 0 Å². The molecule has 0 fully saturated rings. The Morgan fingerprint density at radius 3 is 2.54 bits per heavy atom. The largest absolute Gasteiger partial charge is 0.427 e. The molecule has 4 heteroatoms. The fourth-order valence-electron chi connectivity index (χ4n) is 1.20. The summed E-state index contributed by atoms with van der Waals surface area (Å²) in [5, 5.41) is 4.34. The number of fused-ring (bicyclic) bond motifs is 1. The van der Waals surface area contributed by atoms with E-state index in [4.69, 9.17) is 4.42 Å². The van der Waals surface area contributed by atoms with Crippen molar-refractivity contribution in [3.05, 3.63) is 17.3 Å². The maximum absolute atomic E-state index is 5.42. The van der Waals surface area contributed by atoms with E-state index in [0.717, 1.165) is 17.3 Å². The van der Waals surface area contributed by atoms with E-state index in [0.29, 0.717) is 11.8 Å². The molecule has 0 unspecified atom stereocenters. The second-order valence-electron chi connectivity index (χ2n) is 3.56. The van der Waals surface area contributed by atoms with Gasteiger partial charge in [0.1, 0.15) is 5.76 Å². The summed E-state index contributed by atoms with van der Waals surface area (Å²) in [6.07, 6.45) is 0. The lowest BCUT2D eigenvalue weighted by molar-refractivity contribution is 0.558. The first kappa shape index (κ1) is 8.29. The van der Waals surface area contributed by atoms with Gasteiger partial charge in [0.05, 0.1) is 5.69 Å². The Balaban J connectivity index is 2.65. The molecular formula is C9H13N3O. The summed E-state index contributed by atoms with van der Waals surface area (Å²) < 4.78 is 7.17. The number of rotatable bonds is 1. The van der Waals surface area contributed by atoms with Crippen molar-refractivity contribution in [3.63, 3.8) is 0 Å². The molecule has 0 amide bonds. The number of aryl methyl sites for hydroxylation is 2. The van der Waals surface area contributed by atoms with Gasteiger partial charge in [0.25, 0.3) is 0 Å². The van der Waals surface area contributed by atoms with Crippen molar-refractivity contribution in [1.82, 2.24) is 14.6 Å². The van der Waals surface area contributed by atoms with E-state index >= 15 is 0 Å². The fourth-order valence-corrected chi connectivity index (χ4v) is 1.20. The van der Waals surface area contributed by atoms with Gasteiger partial charge in [-0.1, -0.05) is 13.8 Å². The average molecular weight is 179 g/mol. The van der Waals surface area contributed by atoms with Crippen LogP contribution in [0.3, 0.4) is 0 Å². The van der Waals surface area contributed by atoms with Gasteiger partial charge in [0, 0.05) is 5.92 Å². The van der Waals surface area contributed by atoms with Crippen molar-refractivity contribution in [2.75, 3.05) is 0 Å². The molecule has 2 heterocycles. The van der Waals surface area contributed by atoms with Crippen LogP contribution in [0.4, 0.5) is 0 Å². The van der Waals surface area contributed by atoms with Gasteiger partial charge in [0.2, 0.25) is 0 Å². The lowest BCUT2D eigenvalue weighted by Crippen LogP contribution is -1.93. The normalized spacial score (nSPS) is 11.8. The van der Waals surface area contributed by atoms with Crippen molar-refractivity contribution in [3.8, 4) is 0 Å². The smallest absolute Gasteiger partial charge is 0.325 e. The third-order valence-electron chi connectivity index (χ3n) is 2.18. The van der Waals surface area contributed by atoms with Crippen LogP contribution in [0.15, 0.2) is 4.42 Å². The van der Waals surface area contributed by atoms with Gasteiger partial charge in [-0.25, -0.2) is 0 Å². The summed E-state index contributed by atoms with van der Waals surface area (Å²) in [7, 11) is 0. The highest BCUT2D eigenvalue weighted by Gasteiger charge is 2.13. The van der Waals surface area contributed by atoms with Gasteiger partial charge in [-0.15, -0.1) is 5.10 Å². The predicted octanol–water partition coefficient (Wildman–Crippen LogP) is 2.06. The van der Waals surface area contributed by atoms with Crippen LogP contribution in [-0.2, 0) is 0 Å². The molecule has 4 nitrogen and oxygen atoms in total. The van der Waals surface area contributed by atoms with Gasteiger partial charge in [0.15, 0.2) is 5.82 Å². The summed E-state index contributed by atoms with van der Waals surface area (Å²) in [6.45, 7) is 8.03. The Labute approximate surface area is 76.6 Å². The number of nitrogens with zero attached hydrogens (tertiary/aromatic N) is 3. The molecular weight excluding hydrogens is 166 g/mol. The zero-order chi connectivity index (χ0) is 9.59. The molecule has 2 rings (SSSR count). The zero-order valence-electron chi connectivity index (χ0n) is 8.33. The Hall–Kier alpha value is -1.32. The highest BCUT2D eigenvalue weighted by atomic mass is 16.4. The van der Waals surface area contributed by atoms with E-state index < -0.39 is 0 Å². The van der Waals surface area contributed by atoms with E-state index in [1.54, 1.807) is 4.52 Å². The van der Waals surface area contributed by atoms with Crippen LogP contribution in [-0.4, -0.2) is 14.6 Å². The second-order valence-corrected chi connectivity index (χ2v) is 3.56. The summed E-state index contributed by atoms with van der Waals surface area (Å²) in [5.41, 5.74) is 1.02. The Morgan fingerprint density at radius 1 is 1.31 bits per heavy atom. The molecule has 0 spiro atoms. The van der Waals surface area contributed by atoms with E-state index in [-0.39, 0.29) is 0 Å². The molecule has 0 radical (unpaired) electrons. The molecule has 0 aliphatic rings. The molecule has 0 N–H and O–H groups in total. The topological polar surface area (TPSA) is 43.3 Å². The summed E-state index contributed by atoms with van der Waals surface area (Å²) >= 11 is 0. The van der Waals surface area contributed by atoms with Crippen molar-refractivity contribution >= 4 is 5.84 Å². The van der Waals surface area contributed by atoms with E-state index in [1.807, 2.05) is 13.8 Å². The van der Waals surface area contributed by atoms with Crippen LogP contribution >= 0.6 is 0 Å². The maximum Gasteiger partial charge on any atom is 0.325 e. The van der Waals surface area contributed by atoms with Crippen LogP contribution in [0.5, 0.6) is 0 Å². The third kappa shape index (κ3) is 1.13. The monoisotopic (exact) mass is 179 g/mol. The van der Waals surface area contributed by atoms with E-state index in [9.17, 15) is 0 Å². The maximum atomic E-state index is 5.42. The summed E-state index contributed by atoms with van der Waals surface area (Å²) in [4.78, 5) is 4.28. The van der Waals surface area contributed by atoms with Gasteiger partial charge in [-0.3, -0.25) is 0 Å². The quantitative estimate of drug-likeness (QED) is 0.673. The number of aromatic nitrogens is 3. The molecule has 2 aromatic rings. The molecule has 70 valence electrons. The Kier molecular flexibility index (Phi) is 1.65. The molecule has 0 atom stereocenters. The van der Waals surface area contributed by atoms with Crippen LogP contribution in [0.2, 0.25) is 0 Å². The number of hydrogen-bond acceptors (Lipinski definition) is 3. The minimum atomic E-state index is 0.342. The first-order chi connectivity index (χ1) is 6.09. The lowest BCUT2D eigenvalue weighted by Gasteiger charge is -1.94. The standard InChI is InChI=1S/C9H13N3O/c1-5(2)8-10-9-12(11-8)6(3)7(4)13-9/h5H,1-4H3. The zero-order valence-corrected chi connectivity index (χ0v) is 8.33. The molecule has 13 heavy (non-hydrogen) atoms. The Bertz CT molecular complexity index is 439. The van der Waals surface area contributed by atoms with Gasteiger partial charge < -0.3 is 4.42 Å². The first-order valence-corrected chi connectivity index (χ1v) is 4.42. The third-order valence-corrected chi connectivity index (χ3v) is 2.18. The molecule has 2 aromatic heterocycles. The minimum Gasteiger partial charge on any atom is -0.427 e. The van der Waals surface area contributed by atoms with Crippen molar-refractivity contribution in [2.24, 2.45) is 0 Å². The van der Waals surface area contributed by atoms with Gasteiger partial charge >= 0.3 is 5.84 Å². The molecule has 0 bridgehead atoms. The molecule has 0 aromatic carbocycles. The minimum absolute atomic E-state index is 0.342. The lowest BCUT2D eigenvalue weighted by atomic mass is 10.2. The van der Waals surface area contributed by atoms with Gasteiger partial charge in [-0.05, 0) is 13.8 Å². The van der Waals surface area contributed by atoms with Crippen molar-refractivity contribution < 1.29 is 4.42 Å². The predicted molar refractivity (Wildman–Crippen MR) is 48.8 cm³/mol. The molecule has 0 aliphatic carbocycles. The van der Waals surface area contributed by atoms with E-state index in [2.05, 4.69) is 23.9 Å². The SMILES string of the molecule is Cc1oc2nc(C(C)C)nn2c1C. The van der Waals surface area contributed by atoms with Crippen molar-refractivity contribution in [1.29, 1.82) is 0 Å². The number of oxazole rings is 1. The highest BCUT2D eigenvalue weighted by Crippen LogP contribution is 2.16. The highest BCUT2D eigenvalue weighted by molar-refractivity contribution is 5.28. The number of hydrogen-bond donors (Lipinski definition) is 0. The first-order valence-electron chi connectivity index (χ1n) is 4.42. The second kappa shape index (κ2) is 2.58. The van der Waals surface area contributed by atoms with Gasteiger partial charge in [-0.2, -0.15) is 9.50 Å². The van der Waals surface area contributed by atoms with E-state index in [1.165, 1.54) is 0 Å². The van der Waals surface area contributed by atoms with Crippen LogP contribution in [0, 0.1) is 13.8 Å². The molecule has 0 saturated carbocycles. The van der Waals surface area contributed by atoms with Crippen molar-refractivity contribution in [2.45, 2.75) is 33.6 Å². The van der Waals surface area contributed by atoms with Crippen LogP contribution in [0.1, 0.15) is 37.0 Å². The molecule has 0 saturated heterocycles. The molecule has 0 aliphatic heterocycles.